The Bertz CT molecular complexity index is 721. The molecule has 100 valence electrons. The van der Waals surface area contributed by atoms with Gasteiger partial charge < -0.3 is 7.16 Å². The van der Waals surface area contributed by atoms with Crippen LogP contribution in [0.4, 0.5) is 17.1 Å². The van der Waals surface area contributed by atoms with E-state index in [4.69, 9.17) is 10.3 Å². The topological polar surface area (TPSA) is 105 Å². The van der Waals surface area contributed by atoms with Crippen LogP contribution in [0.3, 0.4) is 0 Å². The predicted molar refractivity (Wildman–Crippen MR) is 72.4 cm³/mol. The van der Waals surface area contributed by atoms with Crippen molar-refractivity contribution in [1.82, 2.24) is 0 Å². The van der Waals surface area contributed by atoms with E-state index in [1.165, 1.54) is 18.2 Å². The SMILES string of the molecule is Nc1ccc(N=Nc2cccc(S(=O)(=O)O)c2)cc1.[H-].[Na+]. The number of nitrogens with zero attached hydrogens (tertiary/aromatic N) is 2. The molecule has 2 aromatic carbocycles. The van der Waals surface area contributed by atoms with Crippen LogP contribution in [0.25, 0.3) is 0 Å². The van der Waals surface area contributed by atoms with Crippen molar-refractivity contribution in [1.29, 1.82) is 0 Å². The van der Waals surface area contributed by atoms with Gasteiger partial charge in [-0.3, -0.25) is 4.55 Å². The van der Waals surface area contributed by atoms with Crippen LogP contribution >= 0.6 is 0 Å². The minimum Gasteiger partial charge on any atom is -1.00 e. The molecule has 0 fully saturated rings. The van der Waals surface area contributed by atoms with Crippen LogP contribution in [0.2, 0.25) is 0 Å². The maximum Gasteiger partial charge on any atom is 1.00 e. The molecule has 20 heavy (non-hydrogen) atoms. The number of anilines is 1. The third-order valence-electron chi connectivity index (χ3n) is 2.29. The molecule has 6 nitrogen and oxygen atoms in total. The molecule has 3 N–H and O–H groups in total. The molecule has 0 aliphatic carbocycles. The van der Waals surface area contributed by atoms with E-state index in [1.807, 2.05) is 0 Å². The third-order valence-corrected chi connectivity index (χ3v) is 3.14. The van der Waals surface area contributed by atoms with Gasteiger partial charge in [0.1, 0.15) is 0 Å². The molecule has 0 radical (unpaired) electrons. The molecule has 0 atom stereocenters. The van der Waals surface area contributed by atoms with E-state index in [1.54, 1.807) is 30.3 Å². The summed E-state index contributed by atoms with van der Waals surface area (Å²) in [5.74, 6) is 0. The Morgan fingerprint density at radius 1 is 1.00 bits per heavy atom. The second-order valence-electron chi connectivity index (χ2n) is 3.76. The number of nitrogen functional groups attached to an aromatic ring is 1. The fourth-order valence-corrected chi connectivity index (χ4v) is 1.88. The minimum absolute atomic E-state index is 0. The first-order valence-corrected chi connectivity index (χ1v) is 6.74. The Labute approximate surface area is 140 Å². The Hall–Kier alpha value is -1.25. The van der Waals surface area contributed by atoms with Crippen molar-refractivity contribution < 1.29 is 44.0 Å². The molecule has 0 spiro atoms. The first kappa shape index (κ1) is 16.8. The fraction of sp³-hybridized carbons (Fsp3) is 0. The quantitative estimate of drug-likeness (QED) is 0.361. The van der Waals surface area contributed by atoms with Crippen LogP contribution in [0, 0.1) is 0 Å². The van der Waals surface area contributed by atoms with E-state index >= 15 is 0 Å². The summed E-state index contributed by atoms with van der Waals surface area (Å²) in [5.41, 5.74) is 7.07. The molecule has 0 unspecified atom stereocenters. The summed E-state index contributed by atoms with van der Waals surface area (Å²) in [6.45, 7) is 0. The smallest absolute Gasteiger partial charge is 1.00 e. The standard InChI is InChI=1S/C12H11N3O3S.Na.H/c13-9-4-6-10(7-5-9)14-15-11-2-1-3-12(8-11)19(16,17)18;;/h1-8H,13H2,(H,16,17,18);;/q;+1;-1. The van der Waals surface area contributed by atoms with Crippen molar-refractivity contribution in [3.05, 3.63) is 48.5 Å². The first-order valence-electron chi connectivity index (χ1n) is 5.30. The summed E-state index contributed by atoms with van der Waals surface area (Å²) in [5, 5.41) is 7.82. The van der Waals surface area contributed by atoms with Gasteiger partial charge in [-0.25, -0.2) is 0 Å². The van der Waals surface area contributed by atoms with Crippen LogP contribution in [0.15, 0.2) is 63.7 Å². The van der Waals surface area contributed by atoms with Crippen molar-refractivity contribution in [3.63, 3.8) is 0 Å². The van der Waals surface area contributed by atoms with Gasteiger partial charge in [0.25, 0.3) is 10.1 Å². The fourth-order valence-electron chi connectivity index (χ4n) is 1.36. The number of benzene rings is 2. The maximum absolute atomic E-state index is 11.0. The summed E-state index contributed by atoms with van der Waals surface area (Å²) < 4.78 is 30.8. The molecule has 0 saturated heterocycles. The molecule has 0 amide bonds. The second kappa shape index (κ2) is 6.96. The van der Waals surface area contributed by atoms with Crippen molar-refractivity contribution in [3.8, 4) is 0 Å². The largest absolute Gasteiger partial charge is 1.00 e. The van der Waals surface area contributed by atoms with Gasteiger partial charge in [-0.15, -0.1) is 0 Å². The zero-order chi connectivity index (χ0) is 13.9. The molecule has 2 rings (SSSR count). The molecule has 2 aromatic rings. The third kappa shape index (κ3) is 4.69. The van der Waals surface area contributed by atoms with Crippen LogP contribution in [0.5, 0.6) is 0 Å². The van der Waals surface area contributed by atoms with Crippen LogP contribution in [0.1, 0.15) is 1.43 Å². The summed E-state index contributed by atoms with van der Waals surface area (Å²) in [7, 11) is -4.23. The molecular weight excluding hydrogens is 289 g/mol. The number of rotatable bonds is 3. The average Bonchev–Trinajstić information content (AvgIpc) is 2.37. The van der Waals surface area contributed by atoms with E-state index in [0.717, 1.165) is 0 Å². The van der Waals surface area contributed by atoms with Crippen LogP contribution in [-0.2, 0) is 10.1 Å². The van der Waals surface area contributed by atoms with E-state index in [2.05, 4.69) is 10.2 Å². The van der Waals surface area contributed by atoms with Gasteiger partial charge in [0.05, 0.1) is 16.3 Å². The summed E-state index contributed by atoms with van der Waals surface area (Å²) in [6.07, 6.45) is 0. The van der Waals surface area contributed by atoms with Crippen molar-refractivity contribution in [2.75, 3.05) is 5.73 Å². The van der Waals surface area contributed by atoms with E-state index < -0.39 is 10.1 Å². The molecule has 0 heterocycles. The van der Waals surface area contributed by atoms with Gasteiger partial charge in [-0.1, -0.05) is 6.07 Å². The van der Waals surface area contributed by atoms with Gasteiger partial charge in [0, 0.05) is 5.69 Å². The number of hydrogen-bond donors (Lipinski definition) is 2. The zero-order valence-corrected chi connectivity index (χ0v) is 13.6. The van der Waals surface area contributed by atoms with Gasteiger partial charge in [0.2, 0.25) is 0 Å². The second-order valence-corrected chi connectivity index (χ2v) is 5.19. The van der Waals surface area contributed by atoms with Gasteiger partial charge in [-0.05, 0) is 42.5 Å². The van der Waals surface area contributed by atoms with Gasteiger partial charge in [0.15, 0.2) is 0 Å². The van der Waals surface area contributed by atoms with Crippen LogP contribution in [-0.4, -0.2) is 13.0 Å². The van der Waals surface area contributed by atoms with Gasteiger partial charge >= 0.3 is 29.6 Å². The number of nitrogens with two attached hydrogens (primary N) is 1. The Morgan fingerprint density at radius 3 is 2.20 bits per heavy atom. The molecule has 0 bridgehead atoms. The number of azo groups is 1. The summed E-state index contributed by atoms with van der Waals surface area (Å²) in [4.78, 5) is -0.221. The van der Waals surface area contributed by atoms with Crippen molar-refractivity contribution >= 4 is 27.2 Å². The predicted octanol–water partition coefficient (Wildman–Crippen LogP) is 0.0474. The van der Waals surface area contributed by atoms with E-state index in [0.29, 0.717) is 17.1 Å². The molecule has 8 heteroatoms. The summed E-state index contributed by atoms with van der Waals surface area (Å²) >= 11 is 0. The van der Waals surface area contributed by atoms with Gasteiger partial charge in [-0.2, -0.15) is 18.6 Å². The zero-order valence-electron chi connectivity index (χ0n) is 11.8. The normalized spacial score (nSPS) is 11.2. The average molecular weight is 301 g/mol. The monoisotopic (exact) mass is 301 g/mol. The molecular formula is C12H12N3NaO3S. The van der Waals surface area contributed by atoms with E-state index in [-0.39, 0.29) is 35.9 Å². The van der Waals surface area contributed by atoms with Crippen LogP contribution < -0.4 is 35.3 Å². The first-order chi connectivity index (χ1) is 8.95. The Kier molecular flexibility index (Phi) is 5.85. The molecule has 0 aliphatic heterocycles. The Morgan fingerprint density at radius 2 is 1.60 bits per heavy atom. The maximum atomic E-state index is 11.0. The van der Waals surface area contributed by atoms with E-state index in [9.17, 15) is 8.42 Å². The van der Waals surface area contributed by atoms with Crippen molar-refractivity contribution in [2.24, 2.45) is 10.2 Å². The van der Waals surface area contributed by atoms with Crippen molar-refractivity contribution in [2.45, 2.75) is 4.90 Å². The molecule has 0 aliphatic rings. The minimum atomic E-state index is -4.23. The Balaban J connectivity index is 0.00000200. The number of hydrogen-bond acceptors (Lipinski definition) is 5. The molecule has 0 saturated carbocycles. The summed E-state index contributed by atoms with van der Waals surface area (Å²) in [6, 6.07) is 12.3. The molecule has 0 aromatic heterocycles.